The van der Waals surface area contributed by atoms with Gasteiger partial charge in [-0.05, 0) is 61.6 Å². The topological polar surface area (TPSA) is 57.7 Å². The first-order valence-electron chi connectivity index (χ1n) is 8.55. The van der Waals surface area contributed by atoms with Crippen LogP contribution in [0.25, 0.3) is 11.1 Å². The summed E-state index contributed by atoms with van der Waals surface area (Å²) in [5.74, 6) is -0.342. The molecular formula is C20H23NO4. The van der Waals surface area contributed by atoms with E-state index in [2.05, 4.69) is 4.98 Å². The van der Waals surface area contributed by atoms with Crippen molar-refractivity contribution in [3.8, 4) is 11.1 Å². The highest BCUT2D eigenvalue weighted by atomic mass is 16.7. The summed E-state index contributed by atoms with van der Waals surface area (Å²) in [7, 11) is 1.38. The lowest BCUT2D eigenvalue weighted by molar-refractivity contribution is -0.169. The molecule has 0 amide bonds. The Hall–Kier alpha value is -2.24. The molecule has 0 bridgehead atoms. The average molecular weight is 341 g/mol. The molecule has 0 spiro atoms. The number of pyridine rings is 1. The van der Waals surface area contributed by atoms with Crippen molar-refractivity contribution >= 4 is 5.97 Å². The number of hydrogen-bond acceptors (Lipinski definition) is 5. The summed E-state index contributed by atoms with van der Waals surface area (Å²) in [6.45, 7) is 3.13. The number of aryl methyl sites for hydroxylation is 1. The predicted molar refractivity (Wildman–Crippen MR) is 94.1 cm³/mol. The maximum Gasteiger partial charge on any atom is 0.337 e. The Morgan fingerprint density at radius 2 is 2.12 bits per heavy atom. The molecule has 132 valence electrons. The molecule has 0 saturated carbocycles. The molecule has 1 atom stereocenters. The van der Waals surface area contributed by atoms with Crippen molar-refractivity contribution in [2.45, 2.75) is 39.1 Å². The standard InChI is InChI=1S/C20H23NO4/c1-14-10-17(15-6-5-7-16(11-15)20(22)23-2)12-18(21-14)13-25-19-8-3-4-9-24-19/h5-7,10-12,19H,3-4,8-9,13H2,1-2H3. The Labute approximate surface area is 147 Å². The lowest BCUT2D eigenvalue weighted by atomic mass is 10.0. The molecule has 0 aliphatic carbocycles. The molecule has 0 radical (unpaired) electrons. The number of rotatable bonds is 5. The van der Waals surface area contributed by atoms with Crippen LogP contribution in [0.15, 0.2) is 36.4 Å². The second-order valence-corrected chi connectivity index (χ2v) is 6.17. The number of carbonyl (C=O) groups excluding carboxylic acids is 1. The fraction of sp³-hybridized carbons (Fsp3) is 0.400. The normalized spacial score (nSPS) is 17.3. The number of hydrogen-bond donors (Lipinski definition) is 0. The number of nitrogens with zero attached hydrogens (tertiary/aromatic N) is 1. The number of carbonyl (C=O) groups is 1. The molecule has 0 N–H and O–H groups in total. The van der Waals surface area contributed by atoms with Crippen LogP contribution in [-0.4, -0.2) is 31.0 Å². The summed E-state index contributed by atoms with van der Waals surface area (Å²) in [6, 6.07) is 11.4. The van der Waals surface area contributed by atoms with Crippen molar-refractivity contribution in [1.82, 2.24) is 4.98 Å². The van der Waals surface area contributed by atoms with Gasteiger partial charge in [0.1, 0.15) is 0 Å². The van der Waals surface area contributed by atoms with Crippen LogP contribution in [0, 0.1) is 6.92 Å². The van der Waals surface area contributed by atoms with Gasteiger partial charge in [-0.2, -0.15) is 0 Å². The molecule has 1 aliphatic rings. The van der Waals surface area contributed by atoms with Gasteiger partial charge in [0.15, 0.2) is 6.29 Å². The third kappa shape index (κ3) is 4.65. The Bertz CT molecular complexity index is 738. The molecule has 1 saturated heterocycles. The van der Waals surface area contributed by atoms with Gasteiger partial charge in [0, 0.05) is 12.3 Å². The quantitative estimate of drug-likeness (QED) is 0.772. The summed E-state index contributed by atoms with van der Waals surface area (Å²) < 4.78 is 16.2. The monoisotopic (exact) mass is 341 g/mol. The largest absolute Gasteiger partial charge is 0.465 e. The van der Waals surface area contributed by atoms with E-state index >= 15 is 0 Å². The number of esters is 1. The first kappa shape index (κ1) is 17.6. The van der Waals surface area contributed by atoms with Crippen molar-refractivity contribution in [1.29, 1.82) is 0 Å². The van der Waals surface area contributed by atoms with Crippen LogP contribution in [0.4, 0.5) is 0 Å². The van der Waals surface area contributed by atoms with Gasteiger partial charge < -0.3 is 14.2 Å². The third-order valence-electron chi connectivity index (χ3n) is 4.18. The van der Waals surface area contributed by atoms with Gasteiger partial charge in [-0.25, -0.2) is 4.79 Å². The van der Waals surface area contributed by atoms with Crippen LogP contribution in [0.5, 0.6) is 0 Å². The average Bonchev–Trinajstić information content (AvgIpc) is 2.66. The van der Waals surface area contributed by atoms with Gasteiger partial charge in [-0.1, -0.05) is 12.1 Å². The predicted octanol–water partition coefficient (Wildman–Crippen LogP) is 3.89. The molecule has 5 nitrogen and oxygen atoms in total. The molecule has 1 unspecified atom stereocenters. The SMILES string of the molecule is COC(=O)c1cccc(-c2cc(C)nc(COC3CCCCO3)c2)c1. The van der Waals surface area contributed by atoms with E-state index in [1.807, 2.05) is 37.3 Å². The molecule has 2 heterocycles. The second kappa shape index (κ2) is 8.23. The van der Waals surface area contributed by atoms with E-state index in [-0.39, 0.29) is 12.3 Å². The van der Waals surface area contributed by atoms with E-state index in [0.717, 1.165) is 48.4 Å². The van der Waals surface area contributed by atoms with Crippen molar-refractivity contribution in [3.05, 3.63) is 53.3 Å². The maximum absolute atomic E-state index is 11.7. The first-order valence-corrected chi connectivity index (χ1v) is 8.55. The van der Waals surface area contributed by atoms with Crippen LogP contribution in [0.1, 0.15) is 41.0 Å². The summed E-state index contributed by atoms with van der Waals surface area (Å²) in [4.78, 5) is 16.3. The van der Waals surface area contributed by atoms with Crippen LogP contribution < -0.4 is 0 Å². The van der Waals surface area contributed by atoms with Gasteiger partial charge in [0.05, 0.1) is 25.0 Å². The van der Waals surface area contributed by atoms with E-state index in [9.17, 15) is 4.79 Å². The van der Waals surface area contributed by atoms with Gasteiger partial charge in [0.2, 0.25) is 0 Å². The summed E-state index contributed by atoms with van der Waals surface area (Å²) >= 11 is 0. The Balaban J connectivity index is 1.78. The molecule has 5 heteroatoms. The van der Waals surface area contributed by atoms with Crippen LogP contribution in [-0.2, 0) is 20.8 Å². The van der Waals surface area contributed by atoms with Crippen LogP contribution in [0.3, 0.4) is 0 Å². The Morgan fingerprint density at radius 3 is 2.88 bits per heavy atom. The maximum atomic E-state index is 11.7. The fourth-order valence-electron chi connectivity index (χ4n) is 2.94. The van der Waals surface area contributed by atoms with Gasteiger partial charge >= 0.3 is 5.97 Å². The third-order valence-corrected chi connectivity index (χ3v) is 4.18. The Kier molecular flexibility index (Phi) is 5.79. The van der Waals surface area contributed by atoms with Crippen molar-refractivity contribution in [2.24, 2.45) is 0 Å². The highest BCUT2D eigenvalue weighted by molar-refractivity contribution is 5.91. The molecular weight excluding hydrogens is 318 g/mol. The zero-order valence-corrected chi connectivity index (χ0v) is 14.7. The highest BCUT2D eigenvalue weighted by Crippen LogP contribution is 2.23. The van der Waals surface area contributed by atoms with E-state index in [4.69, 9.17) is 14.2 Å². The molecule has 1 aromatic carbocycles. The zero-order valence-electron chi connectivity index (χ0n) is 14.7. The van der Waals surface area contributed by atoms with E-state index < -0.39 is 0 Å². The van der Waals surface area contributed by atoms with Gasteiger partial charge in [-0.15, -0.1) is 0 Å². The first-order chi connectivity index (χ1) is 12.2. The summed E-state index contributed by atoms with van der Waals surface area (Å²) in [5.41, 5.74) is 4.24. The number of methoxy groups -OCH3 is 1. The minimum absolute atomic E-state index is 0.137. The number of benzene rings is 1. The van der Waals surface area contributed by atoms with E-state index in [0.29, 0.717) is 12.2 Å². The van der Waals surface area contributed by atoms with Crippen LogP contribution >= 0.6 is 0 Å². The fourth-order valence-corrected chi connectivity index (χ4v) is 2.94. The van der Waals surface area contributed by atoms with Gasteiger partial charge in [-0.3, -0.25) is 4.98 Å². The minimum atomic E-state index is -0.342. The highest BCUT2D eigenvalue weighted by Gasteiger charge is 2.15. The number of ether oxygens (including phenoxy) is 3. The van der Waals surface area contributed by atoms with Crippen molar-refractivity contribution < 1.29 is 19.0 Å². The lowest BCUT2D eigenvalue weighted by Gasteiger charge is -2.22. The molecule has 25 heavy (non-hydrogen) atoms. The van der Waals surface area contributed by atoms with Crippen molar-refractivity contribution in [3.63, 3.8) is 0 Å². The summed E-state index contributed by atoms with van der Waals surface area (Å²) in [5, 5.41) is 0. The molecule has 2 aromatic rings. The van der Waals surface area contributed by atoms with Gasteiger partial charge in [0.25, 0.3) is 0 Å². The lowest BCUT2D eigenvalue weighted by Crippen LogP contribution is -2.22. The Morgan fingerprint density at radius 1 is 1.24 bits per heavy atom. The summed E-state index contributed by atoms with van der Waals surface area (Å²) in [6.07, 6.45) is 3.03. The molecule has 1 aliphatic heterocycles. The smallest absolute Gasteiger partial charge is 0.337 e. The van der Waals surface area contributed by atoms with Crippen LogP contribution in [0.2, 0.25) is 0 Å². The van der Waals surface area contributed by atoms with E-state index in [1.165, 1.54) is 7.11 Å². The molecule has 1 aromatic heterocycles. The number of aromatic nitrogens is 1. The van der Waals surface area contributed by atoms with Crippen molar-refractivity contribution in [2.75, 3.05) is 13.7 Å². The minimum Gasteiger partial charge on any atom is -0.465 e. The zero-order chi connectivity index (χ0) is 17.6. The van der Waals surface area contributed by atoms with E-state index in [1.54, 1.807) is 6.07 Å². The molecule has 3 rings (SSSR count). The second-order valence-electron chi connectivity index (χ2n) is 6.17. The molecule has 1 fully saturated rings.